The van der Waals surface area contributed by atoms with Gasteiger partial charge in [0.05, 0.1) is 11.9 Å². The van der Waals surface area contributed by atoms with E-state index >= 15 is 0 Å². The van der Waals surface area contributed by atoms with E-state index < -0.39 is 5.97 Å². The Hall–Kier alpha value is -2.72. The number of carboxylic acid groups (broad SMARTS) is 1. The minimum atomic E-state index is -0.801. The van der Waals surface area contributed by atoms with E-state index in [1.54, 1.807) is 11.8 Å². The minimum Gasteiger partial charge on any atom is -0.481 e. The molecule has 1 aromatic heterocycles. The van der Waals surface area contributed by atoms with E-state index in [9.17, 15) is 9.90 Å². The van der Waals surface area contributed by atoms with E-state index in [1.165, 1.54) is 21.9 Å². The van der Waals surface area contributed by atoms with Gasteiger partial charge in [-0.3, -0.25) is 4.79 Å². The number of aromatic nitrogens is 1. The molecule has 0 amide bonds. The molecule has 130 valence electrons. The second-order valence-corrected chi connectivity index (χ2v) is 7.13. The highest BCUT2D eigenvalue weighted by Gasteiger charge is 2.17. The number of para-hydroxylation sites is 1. The number of hydrogen-bond donors (Lipinski definition) is 1. The van der Waals surface area contributed by atoms with Gasteiger partial charge in [0.25, 0.3) is 0 Å². The standard InChI is InChI=1S/C22H19NO2S/c1-26-22-16(13-20(24)25)11-12-18-17-9-5-6-10-19(17)23(21(18)22)14-15-7-3-2-4-8-15/h2-12H,13-14H2,1H3,(H,24,25). The van der Waals surface area contributed by atoms with Gasteiger partial charge in [0.2, 0.25) is 0 Å². The number of nitrogens with zero attached hydrogens (tertiary/aromatic N) is 1. The molecule has 0 bridgehead atoms. The van der Waals surface area contributed by atoms with Crippen LogP contribution >= 0.6 is 11.8 Å². The van der Waals surface area contributed by atoms with Crippen LogP contribution in [0.1, 0.15) is 11.1 Å². The molecule has 3 aromatic carbocycles. The Labute approximate surface area is 156 Å². The molecular formula is C22H19NO2S. The maximum Gasteiger partial charge on any atom is 0.307 e. The molecule has 0 saturated carbocycles. The lowest BCUT2D eigenvalue weighted by molar-refractivity contribution is -0.136. The molecule has 3 nitrogen and oxygen atoms in total. The first kappa shape index (κ1) is 16.7. The van der Waals surface area contributed by atoms with Gasteiger partial charge in [-0.2, -0.15) is 0 Å². The van der Waals surface area contributed by atoms with Gasteiger partial charge in [-0.05, 0) is 23.4 Å². The molecule has 4 rings (SSSR count). The maximum absolute atomic E-state index is 11.3. The summed E-state index contributed by atoms with van der Waals surface area (Å²) in [6.45, 7) is 0.759. The van der Waals surface area contributed by atoms with Crippen molar-refractivity contribution in [2.75, 3.05) is 6.26 Å². The van der Waals surface area contributed by atoms with Crippen molar-refractivity contribution in [3.63, 3.8) is 0 Å². The predicted octanol–water partition coefficient (Wildman–Crippen LogP) is 5.19. The van der Waals surface area contributed by atoms with E-state index in [1.807, 2.05) is 18.4 Å². The maximum atomic E-state index is 11.3. The predicted molar refractivity (Wildman–Crippen MR) is 108 cm³/mol. The largest absolute Gasteiger partial charge is 0.481 e. The van der Waals surface area contributed by atoms with Crippen molar-refractivity contribution in [1.82, 2.24) is 4.57 Å². The zero-order valence-electron chi connectivity index (χ0n) is 14.5. The van der Waals surface area contributed by atoms with E-state index in [-0.39, 0.29) is 6.42 Å². The summed E-state index contributed by atoms with van der Waals surface area (Å²) in [4.78, 5) is 12.4. The highest BCUT2D eigenvalue weighted by atomic mass is 32.2. The van der Waals surface area contributed by atoms with Crippen LogP contribution in [0.15, 0.2) is 71.6 Å². The van der Waals surface area contributed by atoms with Crippen molar-refractivity contribution in [1.29, 1.82) is 0 Å². The van der Waals surface area contributed by atoms with Crippen molar-refractivity contribution in [2.45, 2.75) is 17.9 Å². The van der Waals surface area contributed by atoms with Gasteiger partial charge in [0.15, 0.2) is 0 Å². The molecule has 0 aliphatic carbocycles. The van der Waals surface area contributed by atoms with Crippen molar-refractivity contribution in [2.24, 2.45) is 0 Å². The van der Waals surface area contributed by atoms with Crippen LogP contribution in [0.5, 0.6) is 0 Å². The number of hydrogen-bond acceptors (Lipinski definition) is 2. The Morgan fingerprint density at radius 2 is 1.69 bits per heavy atom. The highest BCUT2D eigenvalue weighted by Crippen LogP contribution is 2.37. The lowest BCUT2D eigenvalue weighted by atomic mass is 10.1. The van der Waals surface area contributed by atoms with E-state index in [0.717, 1.165) is 22.5 Å². The second kappa shape index (κ2) is 6.89. The van der Waals surface area contributed by atoms with Crippen LogP contribution in [0.3, 0.4) is 0 Å². The Bertz CT molecular complexity index is 1100. The molecule has 0 aliphatic heterocycles. The first-order chi connectivity index (χ1) is 12.7. The molecule has 0 atom stereocenters. The lowest BCUT2D eigenvalue weighted by Gasteiger charge is -2.13. The number of carboxylic acids is 1. The van der Waals surface area contributed by atoms with E-state index in [0.29, 0.717) is 0 Å². The number of benzene rings is 3. The first-order valence-electron chi connectivity index (χ1n) is 8.51. The SMILES string of the molecule is CSc1c(CC(=O)O)ccc2c3ccccc3n(Cc3ccccc3)c12. The van der Waals surface area contributed by atoms with Crippen molar-refractivity contribution in [3.05, 3.63) is 77.9 Å². The number of thioether (sulfide) groups is 1. The summed E-state index contributed by atoms with van der Waals surface area (Å²) in [5, 5.41) is 11.7. The van der Waals surface area contributed by atoms with Gasteiger partial charge in [-0.1, -0.05) is 60.7 Å². The summed E-state index contributed by atoms with van der Waals surface area (Å²) < 4.78 is 2.32. The van der Waals surface area contributed by atoms with Crippen LogP contribution in [0.2, 0.25) is 0 Å². The third-order valence-electron chi connectivity index (χ3n) is 4.70. The van der Waals surface area contributed by atoms with Gasteiger partial charge in [0, 0.05) is 27.7 Å². The van der Waals surface area contributed by atoms with Crippen LogP contribution in [0, 0.1) is 0 Å². The van der Waals surface area contributed by atoms with Gasteiger partial charge in [-0.15, -0.1) is 11.8 Å². The third-order valence-corrected chi connectivity index (χ3v) is 5.56. The Kier molecular flexibility index (Phi) is 4.43. The van der Waals surface area contributed by atoms with Crippen LogP contribution in [0.4, 0.5) is 0 Å². The van der Waals surface area contributed by atoms with Gasteiger partial charge in [0.1, 0.15) is 0 Å². The number of carbonyl (C=O) groups is 1. The van der Waals surface area contributed by atoms with Crippen LogP contribution in [-0.2, 0) is 17.8 Å². The molecule has 1 N–H and O–H groups in total. The normalized spacial score (nSPS) is 11.3. The van der Waals surface area contributed by atoms with Crippen LogP contribution < -0.4 is 0 Å². The van der Waals surface area contributed by atoms with E-state index in [4.69, 9.17) is 0 Å². The fraction of sp³-hybridized carbons (Fsp3) is 0.136. The van der Waals surface area contributed by atoms with Crippen molar-refractivity contribution in [3.8, 4) is 0 Å². The summed E-state index contributed by atoms with van der Waals surface area (Å²) in [6, 6.07) is 22.8. The average Bonchev–Trinajstić information content (AvgIpc) is 2.96. The second-order valence-electron chi connectivity index (χ2n) is 6.31. The quantitative estimate of drug-likeness (QED) is 0.497. The molecule has 0 spiro atoms. The molecule has 0 unspecified atom stereocenters. The number of aliphatic carboxylic acids is 1. The topological polar surface area (TPSA) is 42.2 Å². The highest BCUT2D eigenvalue weighted by molar-refractivity contribution is 7.98. The molecule has 4 heteroatoms. The molecule has 1 heterocycles. The summed E-state index contributed by atoms with van der Waals surface area (Å²) >= 11 is 1.62. The molecule has 0 fully saturated rings. The van der Waals surface area contributed by atoms with Crippen LogP contribution in [-0.4, -0.2) is 21.9 Å². The average molecular weight is 361 g/mol. The lowest BCUT2D eigenvalue weighted by Crippen LogP contribution is -2.04. The monoisotopic (exact) mass is 361 g/mol. The zero-order chi connectivity index (χ0) is 18.1. The fourth-order valence-corrected chi connectivity index (χ4v) is 4.43. The minimum absolute atomic E-state index is 0.0407. The van der Waals surface area contributed by atoms with Crippen molar-refractivity contribution >= 4 is 39.5 Å². The number of fused-ring (bicyclic) bond motifs is 3. The molecule has 0 radical (unpaired) electrons. The molecule has 4 aromatic rings. The zero-order valence-corrected chi connectivity index (χ0v) is 15.3. The van der Waals surface area contributed by atoms with Gasteiger partial charge >= 0.3 is 5.97 Å². The van der Waals surface area contributed by atoms with Gasteiger partial charge in [-0.25, -0.2) is 0 Å². The summed E-state index contributed by atoms with van der Waals surface area (Å²) in [5.74, 6) is -0.801. The van der Waals surface area contributed by atoms with Crippen LogP contribution in [0.25, 0.3) is 21.8 Å². The smallest absolute Gasteiger partial charge is 0.307 e. The van der Waals surface area contributed by atoms with Crippen molar-refractivity contribution < 1.29 is 9.90 Å². The number of rotatable bonds is 5. The third kappa shape index (κ3) is 2.86. The first-order valence-corrected chi connectivity index (χ1v) is 9.74. The fourth-order valence-electron chi connectivity index (χ4n) is 3.62. The molecular weight excluding hydrogens is 342 g/mol. The Morgan fingerprint density at radius 1 is 0.962 bits per heavy atom. The molecule has 0 saturated heterocycles. The Balaban J connectivity index is 2.03. The molecule has 26 heavy (non-hydrogen) atoms. The summed E-state index contributed by atoms with van der Waals surface area (Å²) in [6.07, 6.45) is 2.06. The summed E-state index contributed by atoms with van der Waals surface area (Å²) in [5.41, 5.74) is 4.40. The summed E-state index contributed by atoms with van der Waals surface area (Å²) in [7, 11) is 0. The van der Waals surface area contributed by atoms with Gasteiger partial charge < -0.3 is 9.67 Å². The molecule has 0 aliphatic rings. The Morgan fingerprint density at radius 3 is 2.42 bits per heavy atom. The van der Waals surface area contributed by atoms with E-state index in [2.05, 4.69) is 59.2 Å².